The highest BCUT2D eigenvalue weighted by atomic mass is 35.5. The molecule has 3 amide bonds. The van der Waals surface area contributed by atoms with E-state index < -0.39 is 11.8 Å². The molecule has 0 aromatic heterocycles. The van der Waals surface area contributed by atoms with Crippen molar-refractivity contribution in [2.24, 2.45) is 0 Å². The summed E-state index contributed by atoms with van der Waals surface area (Å²) in [6, 6.07) is 9.58. The van der Waals surface area contributed by atoms with Crippen molar-refractivity contribution in [2.45, 2.75) is 0 Å². The van der Waals surface area contributed by atoms with Gasteiger partial charge in [0.15, 0.2) is 0 Å². The van der Waals surface area contributed by atoms with E-state index in [4.69, 9.17) is 23.2 Å². The maximum atomic E-state index is 13.0. The van der Waals surface area contributed by atoms with Gasteiger partial charge in [-0.3, -0.25) is 4.79 Å². The van der Waals surface area contributed by atoms with Crippen molar-refractivity contribution in [2.75, 3.05) is 18.4 Å². The maximum Gasteiger partial charge on any atom is 0.319 e. The van der Waals surface area contributed by atoms with E-state index in [9.17, 15) is 14.0 Å². The first-order chi connectivity index (χ1) is 11.5. The number of amides is 3. The minimum absolute atomic E-state index is 0.203. The van der Waals surface area contributed by atoms with Gasteiger partial charge in [-0.25, -0.2) is 9.18 Å². The molecule has 0 aliphatic heterocycles. The standard InChI is InChI=1S/C16H14Cl2FN3O2/c17-13-5-4-10(8-14(13)18)15(23)20-6-7-21-16(24)22-12-3-1-2-11(19)9-12/h1-5,8-9H,6-7H2,(H,20,23)(H2,21,22,24). The van der Waals surface area contributed by atoms with E-state index in [1.807, 2.05) is 0 Å². The summed E-state index contributed by atoms with van der Waals surface area (Å²) < 4.78 is 13.0. The quantitative estimate of drug-likeness (QED) is 0.703. The average Bonchev–Trinajstić information content (AvgIpc) is 2.54. The van der Waals surface area contributed by atoms with Crippen molar-refractivity contribution >= 4 is 40.8 Å². The zero-order valence-corrected chi connectivity index (χ0v) is 13.9. The van der Waals surface area contributed by atoms with Crippen LogP contribution in [0.5, 0.6) is 0 Å². The Hall–Kier alpha value is -2.31. The molecular formula is C16H14Cl2FN3O2. The predicted molar refractivity (Wildman–Crippen MR) is 92.2 cm³/mol. The van der Waals surface area contributed by atoms with Crippen LogP contribution >= 0.6 is 23.2 Å². The lowest BCUT2D eigenvalue weighted by Crippen LogP contribution is -2.36. The summed E-state index contributed by atoms with van der Waals surface area (Å²) in [7, 11) is 0. The van der Waals surface area contributed by atoms with E-state index in [-0.39, 0.29) is 24.0 Å². The van der Waals surface area contributed by atoms with Crippen molar-refractivity contribution in [3.63, 3.8) is 0 Å². The van der Waals surface area contributed by atoms with Crippen LogP contribution in [0.2, 0.25) is 10.0 Å². The first-order valence-corrected chi connectivity index (χ1v) is 7.75. The first kappa shape index (κ1) is 18.0. The van der Waals surface area contributed by atoms with Crippen LogP contribution in [-0.2, 0) is 0 Å². The molecule has 3 N–H and O–H groups in total. The minimum Gasteiger partial charge on any atom is -0.350 e. The highest BCUT2D eigenvalue weighted by molar-refractivity contribution is 6.42. The Labute approximate surface area is 148 Å². The average molecular weight is 370 g/mol. The fourth-order valence-corrected chi connectivity index (χ4v) is 2.13. The van der Waals surface area contributed by atoms with Crippen molar-refractivity contribution in [1.82, 2.24) is 10.6 Å². The largest absolute Gasteiger partial charge is 0.350 e. The fourth-order valence-electron chi connectivity index (χ4n) is 1.83. The molecule has 2 rings (SSSR count). The number of carbonyl (C=O) groups excluding carboxylic acids is 2. The van der Waals surface area contributed by atoms with Gasteiger partial charge in [0.2, 0.25) is 0 Å². The molecule has 0 heterocycles. The number of rotatable bonds is 5. The molecule has 0 aliphatic carbocycles. The molecule has 0 bridgehead atoms. The number of carbonyl (C=O) groups is 2. The lowest BCUT2D eigenvalue weighted by atomic mass is 10.2. The third-order valence-corrected chi connectivity index (χ3v) is 3.70. The van der Waals surface area contributed by atoms with Crippen molar-refractivity contribution < 1.29 is 14.0 Å². The lowest BCUT2D eigenvalue weighted by molar-refractivity contribution is 0.0954. The maximum absolute atomic E-state index is 13.0. The molecule has 0 saturated carbocycles. The van der Waals surface area contributed by atoms with Crippen molar-refractivity contribution in [3.05, 3.63) is 63.9 Å². The van der Waals surface area contributed by atoms with Crippen LogP contribution in [0.25, 0.3) is 0 Å². The van der Waals surface area contributed by atoms with Crippen molar-refractivity contribution in [3.8, 4) is 0 Å². The number of hydrogen-bond acceptors (Lipinski definition) is 2. The minimum atomic E-state index is -0.496. The van der Waals surface area contributed by atoms with E-state index in [1.54, 1.807) is 12.1 Å². The third kappa shape index (κ3) is 5.40. The van der Waals surface area contributed by atoms with Crippen LogP contribution in [0.4, 0.5) is 14.9 Å². The first-order valence-electron chi connectivity index (χ1n) is 6.99. The van der Waals surface area contributed by atoms with Gasteiger partial charge in [0.1, 0.15) is 5.82 Å². The SMILES string of the molecule is O=C(NCCNC(=O)c1ccc(Cl)c(Cl)c1)Nc1cccc(F)c1. The Balaban J connectivity index is 1.73. The zero-order chi connectivity index (χ0) is 17.5. The molecule has 126 valence electrons. The summed E-state index contributed by atoms with van der Waals surface area (Å²) in [6.07, 6.45) is 0. The van der Waals surface area contributed by atoms with Gasteiger partial charge in [0.25, 0.3) is 5.91 Å². The van der Waals surface area contributed by atoms with E-state index in [2.05, 4.69) is 16.0 Å². The molecular weight excluding hydrogens is 356 g/mol. The molecule has 0 unspecified atom stereocenters. The molecule has 24 heavy (non-hydrogen) atoms. The molecule has 2 aromatic rings. The Morgan fingerprint density at radius 3 is 2.42 bits per heavy atom. The third-order valence-electron chi connectivity index (χ3n) is 2.96. The van der Waals surface area contributed by atoms with Crippen LogP contribution in [0.1, 0.15) is 10.4 Å². The van der Waals surface area contributed by atoms with Gasteiger partial charge in [0, 0.05) is 24.3 Å². The molecule has 0 radical (unpaired) electrons. The van der Waals surface area contributed by atoms with Crippen LogP contribution in [0.3, 0.4) is 0 Å². The Kier molecular flexibility index (Phi) is 6.40. The van der Waals surface area contributed by atoms with Crippen LogP contribution in [0.15, 0.2) is 42.5 Å². The Morgan fingerprint density at radius 2 is 1.71 bits per heavy atom. The summed E-state index contributed by atoms with van der Waals surface area (Å²) in [5, 5.41) is 8.31. The summed E-state index contributed by atoms with van der Waals surface area (Å²) in [5.41, 5.74) is 0.709. The van der Waals surface area contributed by atoms with Crippen LogP contribution < -0.4 is 16.0 Å². The number of hydrogen-bond donors (Lipinski definition) is 3. The van der Waals surface area contributed by atoms with Gasteiger partial charge < -0.3 is 16.0 Å². The topological polar surface area (TPSA) is 70.2 Å². The molecule has 0 atom stereocenters. The summed E-state index contributed by atoms with van der Waals surface area (Å²) >= 11 is 11.6. The molecule has 2 aromatic carbocycles. The summed E-state index contributed by atoms with van der Waals surface area (Å²) in [4.78, 5) is 23.5. The number of halogens is 3. The van der Waals surface area contributed by atoms with E-state index in [1.165, 1.54) is 30.3 Å². The lowest BCUT2D eigenvalue weighted by Gasteiger charge is -2.09. The van der Waals surface area contributed by atoms with E-state index >= 15 is 0 Å². The number of nitrogens with one attached hydrogen (secondary N) is 3. The second kappa shape index (κ2) is 8.52. The molecule has 0 saturated heterocycles. The van der Waals surface area contributed by atoms with Gasteiger partial charge in [-0.1, -0.05) is 29.3 Å². The van der Waals surface area contributed by atoms with Gasteiger partial charge in [-0.15, -0.1) is 0 Å². The normalized spacial score (nSPS) is 10.1. The highest BCUT2D eigenvalue weighted by Crippen LogP contribution is 2.22. The molecule has 0 aliphatic rings. The van der Waals surface area contributed by atoms with E-state index in [0.717, 1.165) is 0 Å². The summed E-state index contributed by atoms with van der Waals surface area (Å²) in [6.45, 7) is 0.420. The fraction of sp³-hybridized carbons (Fsp3) is 0.125. The Morgan fingerprint density at radius 1 is 0.958 bits per heavy atom. The number of urea groups is 1. The predicted octanol–water partition coefficient (Wildman–Crippen LogP) is 3.68. The number of benzene rings is 2. The van der Waals surface area contributed by atoms with Gasteiger partial charge in [0.05, 0.1) is 10.0 Å². The second-order valence-electron chi connectivity index (χ2n) is 4.78. The van der Waals surface area contributed by atoms with Crippen LogP contribution in [0, 0.1) is 5.82 Å². The molecule has 0 fully saturated rings. The summed E-state index contributed by atoms with van der Waals surface area (Å²) in [5.74, 6) is -0.775. The highest BCUT2D eigenvalue weighted by Gasteiger charge is 2.08. The molecule has 5 nitrogen and oxygen atoms in total. The van der Waals surface area contributed by atoms with Gasteiger partial charge in [-0.05, 0) is 36.4 Å². The monoisotopic (exact) mass is 369 g/mol. The van der Waals surface area contributed by atoms with Crippen LogP contribution in [-0.4, -0.2) is 25.0 Å². The van der Waals surface area contributed by atoms with Gasteiger partial charge in [-0.2, -0.15) is 0 Å². The van der Waals surface area contributed by atoms with Gasteiger partial charge >= 0.3 is 6.03 Å². The van der Waals surface area contributed by atoms with E-state index in [0.29, 0.717) is 16.3 Å². The number of anilines is 1. The zero-order valence-electron chi connectivity index (χ0n) is 12.4. The molecule has 8 heteroatoms. The smallest absolute Gasteiger partial charge is 0.319 e. The second-order valence-corrected chi connectivity index (χ2v) is 5.59. The Bertz CT molecular complexity index is 756. The van der Waals surface area contributed by atoms with Crippen molar-refractivity contribution in [1.29, 1.82) is 0 Å². The molecule has 0 spiro atoms.